The Labute approximate surface area is 123 Å². The van der Waals surface area contributed by atoms with Crippen LogP contribution in [0.1, 0.15) is 0 Å². The van der Waals surface area contributed by atoms with Crippen LogP contribution >= 0.6 is 79.4 Å². The molecule has 0 amide bonds. The second-order valence-corrected chi connectivity index (χ2v) is 6.18. The van der Waals surface area contributed by atoms with Gasteiger partial charge in [-0.3, -0.25) is 0 Å². The zero-order valence-corrected chi connectivity index (χ0v) is 13.7. The summed E-state index contributed by atoms with van der Waals surface area (Å²) in [5.41, 5.74) is 0. The van der Waals surface area contributed by atoms with Gasteiger partial charge in [-0.25, -0.2) is 0 Å². The van der Waals surface area contributed by atoms with E-state index in [0.29, 0.717) is 12.5 Å². The van der Waals surface area contributed by atoms with E-state index in [-0.39, 0.29) is 0 Å². The van der Waals surface area contributed by atoms with Gasteiger partial charge in [0.25, 0.3) is 0 Å². The number of hydrogen-bond donors (Lipinski definition) is 0. The van der Waals surface area contributed by atoms with Crippen LogP contribution in [0.25, 0.3) is 0 Å². The van der Waals surface area contributed by atoms with E-state index in [1.165, 1.54) is 3.57 Å². The van der Waals surface area contributed by atoms with E-state index in [2.05, 4.69) is 79.9 Å². The van der Waals surface area contributed by atoms with E-state index in [4.69, 9.17) is 16.3 Å². The lowest BCUT2D eigenvalue weighted by Crippen LogP contribution is -2.01. The molecule has 0 atom stereocenters. The van der Waals surface area contributed by atoms with Crippen LogP contribution in [-0.4, -0.2) is 12.5 Å². The summed E-state index contributed by atoms with van der Waals surface area (Å²) in [4.78, 5) is 0. The minimum Gasteiger partial charge on any atom is -0.490 e. The van der Waals surface area contributed by atoms with Crippen molar-refractivity contribution in [1.82, 2.24) is 0 Å². The average molecular weight is 534 g/mol. The summed E-state index contributed by atoms with van der Waals surface area (Å²) < 4.78 is 9.02. The topological polar surface area (TPSA) is 9.23 Å². The van der Waals surface area contributed by atoms with Gasteiger partial charge in [0.15, 0.2) is 0 Å². The first-order valence-electron chi connectivity index (χ1n) is 3.48. The highest BCUT2D eigenvalue weighted by atomic mass is 127. The molecule has 72 valence electrons. The van der Waals surface area contributed by atoms with Gasteiger partial charge in [-0.05, 0) is 79.9 Å². The minimum atomic E-state index is 0.526. The largest absolute Gasteiger partial charge is 0.490 e. The van der Waals surface area contributed by atoms with Crippen LogP contribution in [0.4, 0.5) is 0 Å². The van der Waals surface area contributed by atoms with Gasteiger partial charge in [0.1, 0.15) is 12.4 Å². The summed E-state index contributed by atoms with van der Waals surface area (Å²) >= 11 is 12.4. The van der Waals surface area contributed by atoms with Crippen LogP contribution in [0.3, 0.4) is 0 Å². The predicted molar refractivity (Wildman–Crippen MR) is 80.8 cm³/mol. The quantitative estimate of drug-likeness (QED) is 0.419. The fourth-order valence-electron chi connectivity index (χ4n) is 0.807. The molecule has 0 unspecified atom stereocenters. The first-order chi connectivity index (χ1) is 6.15. The normalized spacial score (nSPS) is 10.2. The van der Waals surface area contributed by atoms with Crippen LogP contribution in [0.5, 0.6) is 5.75 Å². The number of ether oxygens (including phenoxy) is 1. The standard InChI is InChI=1S/C8H6ClI3O/c9-1-2-13-8-6(11)3-5(10)4-7(8)12/h3-4H,1-2H2. The van der Waals surface area contributed by atoms with E-state index in [1.807, 2.05) is 0 Å². The van der Waals surface area contributed by atoms with Crippen molar-refractivity contribution < 1.29 is 4.74 Å². The zero-order valence-electron chi connectivity index (χ0n) is 6.49. The molecule has 0 aliphatic heterocycles. The van der Waals surface area contributed by atoms with E-state index in [1.54, 1.807) is 0 Å². The number of halogens is 4. The van der Waals surface area contributed by atoms with Gasteiger partial charge in [0.05, 0.1) is 13.0 Å². The molecule has 13 heavy (non-hydrogen) atoms. The van der Waals surface area contributed by atoms with Gasteiger partial charge >= 0.3 is 0 Å². The van der Waals surface area contributed by atoms with E-state index in [9.17, 15) is 0 Å². The van der Waals surface area contributed by atoms with Gasteiger partial charge in [-0.2, -0.15) is 0 Å². The van der Waals surface area contributed by atoms with Crippen molar-refractivity contribution in [2.45, 2.75) is 0 Å². The molecule has 1 rings (SSSR count). The monoisotopic (exact) mass is 534 g/mol. The molecule has 0 heterocycles. The maximum atomic E-state index is 5.56. The van der Waals surface area contributed by atoms with E-state index >= 15 is 0 Å². The molecule has 0 radical (unpaired) electrons. The van der Waals surface area contributed by atoms with Gasteiger partial charge < -0.3 is 4.74 Å². The molecular weight excluding hydrogens is 528 g/mol. The molecule has 1 aromatic rings. The number of alkyl halides is 1. The third-order valence-corrected chi connectivity index (χ3v) is 3.67. The number of hydrogen-bond acceptors (Lipinski definition) is 1. The van der Waals surface area contributed by atoms with E-state index in [0.717, 1.165) is 12.9 Å². The molecule has 0 saturated carbocycles. The van der Waals surface area contributed by atoms with E-state index < -0.39 is 0 Å². The van der Waals surface area contributed by atoms with Crippen molar-refractivity contribution in [3.63, 3.8) is 0 Å². The first-order valence-corrected chi connectivity index (χ1v) is 7.25. The Bertz CT molecular complexity index is 280. The molecule has 1 aromatic carbocycles. The fourth-order valence-corrected chi connectivity index (χ4v) is 4.78. The smallest absolute Gasteiger partial charge is 0.146 e. The Balaban J connectivity index is 2.92. The van der Waals surface area contributed by atoms with Crippen LogP contribution in [-0.2, 0) is 0 Å². The molecule has 0 bridgehead atoms. The number of rotatable bonds is 3. The Kier molecular flexibility index (Phi) is 5.96. The molecule has 0 saturated heterocycles. The highest BCUT2D eigenvalue weighted by Gasteiger charge is 2.07. The molecule has 5 heteroatoms. The molecule has 0 aliphatic carbocycles. The Hall–Kier alpha value is 1.50. The van der Waals surface area contributed by atoms with Crippen LogP contribution in [0.15, 0.2) is 12.1 Å². The Morgan fingerprint density at radius 1 is 1.15 bits per heavy atom. The van der Waals surface area contributed by atoms with Crippen LogP contribution in [0.2, 0.25) is 0 Å². The van der Waals surface area contributed by atoms with Crippen molar-refractivity contribution in [3.05, 3.63) is 22.8 Å². The Morgan fingerprint density at radius 3 is 2.15 bits per heavy atom. The van der Waals surface area contributed by atoms with Crippen molar-refractivity contribution in [1.29, 1.82) is 0 Å². The number of benzene rings is 1. The van der Waals surface area contributed by atoms with Crippen molar-refractivity contribution in [2.75, 3.05) is 12.5 Å². The maximum Gasteiger partial charge on any atom is 0.146 e. The van der Waals surface area contributed by atoms with Crippen molar-refractivity contribution in [3.8, 4) is 5.75 Å². The first kappa shape index (κ1) is 12.6. The van der Waals surface area contributed by atoms with Crippen LogP contribution < -0.4 is 4.74 Å². The molecule has 0 N–H and O–H groups in total. The zero-order chi connectivity index (χ0) is 9.84. The lowest BCUT2D eigenvalue weighted by molar-refractivity contribution is 0.338. The van der Waals surface area contributed by atoms with Gasteiger partial charge in [0.2, 0.25) is 0 Å². The van der Waals surface area contributed by atoms with Crippen molar-refractivity contribution in [2.24, 2.45) is 0 Å². The lowest BCUT2D eigenvalue weighted by atomic mass is 10.3. The van der Waals surface area contributed by atoms with Gasteiger partial charge in [-0.15, -0.1) is 11.6 Å². The van der Waals surface area contributed by atoms with Gasteiger partial charge in [0, 0.05) is 3.57 Å². The molecule has 0 aromatic heterocycles. The summed E-state index contributed by atoms with van der Waals surface area (Å²) in [5.74, 6) is 1.47. The summed E-state index contributed by atoms with van der Waals surface area (Å²) in [6.45, 7) is 0.564. The third-order valence-electron chi connectivity index (χ3n) is 1.29. The SMILES string of the molecule is ClCCOc1c(I)cc(I)cc1I. The van der Waals surface area contributed by atoms with Crippen molar-refractivity contribution >= 4 is 79.4 Å². The molecule has 0 fully saturated rings. The maximum absolute atomic E-state index is 5.56. The Morgan fingerprint density at radius 2 is 1.69 bits per heavy atom. The molecule has 0 aliphatic rings. The fraction of sp³-hybridized carbons (Fsp3) is 0.250. The average Bonchev–Trinajstić information content (AvgIpc) is 2.02. The molecule has 1 nitrogen and oxygen atoms in total. The lowest BCUT2D eigenvalue weighted by Gasteiger charge is -2.09. The predicted octanol–water partition coefficient (Wildman–Crippen LogP) is 4.12. The summed E-state index contributed by atoms with van der Waals surface area (Å²) in [6.07, 6.45) is 0. The minimum absolute atomic E-state index is 0.526. The highest BCUT2D eigenvalue weighted by molar-refractivity contribution is 14.1. The highest BCUT2D eigenvalue weighted by Crippen LogP contribution is 2.29. The van der Waals surface area contributed by atoms with Crippen LogP contribution in [0, 0.1) is 10.7 Å². The second-order valence-electron chi connectivity index (χ2n) is 2.24. The summed E-state index contributed by atoms with van der Waals surface area (Å²) in [7, 11) is 0. The molecule has 0 spiro atoms. The molecular formula is C8H6ClI3O. The third kappa shape index (κ3) is 3.86. The second kappa shape index (κ2) is 6.16. The van der Waals surface area contributed by atoms with Gasteiger partial charge in [-0.1, -0.05) is 0 Å². The summed E-state index contributed by atoms with van der Waals surface area (Å²) in [6, 6.07) is 4.18. The summed E-state index contributed by atoms with van der Waals surface area (Å²) in [5, 5.41) is 0.